The van der Waals surface area contributed by atoms with Crippen LogP contribution < -0.4 is 20.4 Å². The molecule has 0 aromatic rings. The SMILES string of the molecule is C[C@H](C(=O)[O-])N([O-])[C@H](C)C(=O)[O-].C[C@H](C(=O)[O-])N([O-])[C@H](C)C(=O)[O-].[Mo+4].[OH3+].[OH3+]. The number of carboxylic acids is 4. The second-order valence-corrected chi connectivity index (χ2v) is 4.70. The molecule has 0 saturated carbocycles. The average Bonchev–Trinajstić information content (AvgIpc) is 2.50. The number of hydrogen-bond donors (Lipinski definition) is 0. The second-order valence-electron chi connectivity index (χ2n) is 4.70. The van der Waals surface area contributed by atoms with Crippen LogP contribution in [0.4, 0.5) is 0 Å². The van der Waals surface area contributed by atoms with Crippen LogP contribution in [0.1, 0.15) is 27.7 Å². The van der Waals surface area contributed by atoms with Crippen LogP contribution in [0.5, 0.6) is 0 Å². The summed E-state index contributed by atoms with van der Waals surface area (Å²) in [5, 5.41) is 61.8. The van der Waals surface area contributed by atoms with Gasteiger partial charge in [-0.1, -0.05) is 0 Å². The van der Waals surface area contributed by atoms with Gasteiger partial charge in [-0.25, -0.2) is 0 Å². The molecule has 14 nitrogen and oxygen atoms in total. The fourth-order valence-electron chi connectivity index (χ4n) is 1.09. The van der Waals surface area contributed by atoms with Crippen molar-refractivity contribution in [3.8, 4) is 0 Å². The third kappa shape index (κ3) is 13.2. The molecule has 0 bridgehead atoms. The summed E-state index contributed by atoms with van der Waals surface area (Å²) in [6, 6.07) is -5.95. The van der Waals surface area contributed by atoms with Crippen molar-refractivity contribution in [3.63, 3.8) is 0 Å². The maximum Gasteiger partial charge on any atom is 4.00 e. The second kappa shape index (κ2) is 16.5. The zero-order chi connectivity index (χ0) is 19.8. The maximum absolute atomic E-state index is 10.8. The van der Waals surface area contributed by atoms with E-state index in [2.05, 4.69) is 0 Å². The van der Waals surface area contributed by atoms with Crippen LogP contribution in [0.25, 0.3) is 0 Å². The van der Waals surface area contributed by atoms with Crippen molar-refractivity contribution >= 4 is 23.9 Å². The summed E-state index contributed by atoms with van der Waals surface area (Å²) in [4.78, 5) is 40.4. The maximum atomic E-state index is 10.8. The van der Waals surface area contributed by atoms with E-state index in [0.717, 1.165) is 27.7 Å². The van der Waals surface area contributed by atoms with Crippen LogP contribution in [0.3, 0.4) is 0 Å². The summed E-state index contributed by atoms with van der Waals surface area (Å²) in [7, 11) is 0. The largest absolute Gasteiger partial charge is 4.00 e. The summed E-state index contributed by atoms with van der Waals surface area (Å²) in [5.74, 6) is -6.45. The van der Waals surface area contributed by atoms with Gasteiger partial charge in [0.2, 0.25) is 0 Å². The van der Waals surface area contributed by atoms with Gasteiger partial charge < -0.3 is 71.1 Å². The Balaban J connectivity index is -0.000000108. The van der Waals surface area contributed by atoms with Crippen LogP contribution in [-0.4, -0.2) is 58.2 Å². The molecular weight excluding hydrogens is 460 g/mol. The van der Waals surface area contributed by atoms with E-state index in [9.17, 15) is 50.0 Å². The molecule has 158 valence electrons. The Bertz CT molecular complexity index is 395. The third-order valence-corrected chi connectivity index (χ3v) is 2.89. The summed E-state index contributed by atoms with van der Waals surface area (Å²) < 4.78 is 0. The smallest absolute Gasteiger partial charge is 0.784 e. The molecule has 0 amide bonds. The van der Waals surface area contributed by atoms with E-state index in [-0.39, 0.29) is 42.1 Å². The molecule has 0 aliphatic heterocycles. The first-order valence-corrected chi connectivity index (χ1v) is 6.50. The molecule has 0 spiro atoms. The first kappa shape index (κ1) is 36.3. The zero-order valence-corrected chi connectivity index (χ0v) is 16.9. The fourth-order valence-corrected chi connectivity index (χ4v) is 1.09. The Kier molecular flexibility index (Phi) is 22.2. The minimum absolute atomic E-state index is 0. The van der Waals surface area contributed by atoms with E-state index in [0.29, 0.717) is 0 Å². The monoisotopic (exact) mass is 484 g/mol. The Morgan fingerprint density at radius 2 is 0.667 bits per heavy atom. The third-order valence-electron chi connectivity index (χ3n) is 2.89. The predicted molar refractivity (Wildman–Crippen MR) is 78.0 cm³/mol. The van der Waals surface area contributed by atoms with Crippen molar-refractivity contribution in [1.29, 1.82) is 0 Å². The summed E-state index contributed by atoms with van der Waals surface area (Å²) >= 11 is 0. The van der Waals surface area contributed by atoms with Gasteiger partial charge in [-0.05, 0) is 27.7 Å². The van der Waals surface area contributed by atoms with Gasteiger partial charge in [0.1, 0.15) is 0 Å². The first-order valence-electron chi connectivity index (χ1n) is 6.50. The Labute approximate surface area is 168 Å². The molecular formula is C12H22MoN2O12. The van der Waals surface area contributed by atoms with Crippen molar-refractivity contribution < 1.29 is 71.6 Å². The predicted octanol–water partition coefficient (Wildman–Crippen LogP) is -7.72. The van der Waals surface area contributed by atoms with E-state index in [1.807, 2.05) is 0 Å². The van der Waals surface area contributed by atoms with Crippen LogP contribution >= 0.6 is 0 Å². The number of carboxylic acid groups (broad SMARTS) is 4. The molecule has 0 radical (unpaired) electrons. The van der Waals surface area contributed by atoms with E-state index >= 15 is 0 Å². The van der Waals surface area contributed by atoms with Crippen molar-refractivity contribution in [2.75, 3.05) is 0 Å². The van der Waals surface area contributed by atoms with Gasteiger partial charge in [0.05, 0.1) is 23.9 Å². The molecule has 15 heteroatoms. The number of aliphatic carboxylic acids is 4. The Morgan fingerprint density at radius 3 is 0.741 bits per heavy atom. The average molecular weight is 482 g/mol. The van der Waals surface area contributed by atoms with Crippen LogP contribution in [-0.2, 0) is 51.2 Å². The first-order chi connectivity index (χ1) is 10.7. The summed E-state index contributed by atoms with van der Waals surface area (Å²) in [5.41, 5.74) is 0. The number of hydroxylamine groups is 4. The minimum Gasteiger partial charge on any atom is -0.784 e. The minimum atomic E-state index is -1.61. The number of nitrogens with zero attached hydrogens (tertiary/aromatic N) is 2. The standard InChI is InChI=1S/2C6H10NO5.Mo.2H2O/c2*1-3(5(8)9)7(12)4(2)6(10)11;;;/h2*3-4H,1-2H3,(H,8,9)(H,10,11);;2*1H2/q2*-1;+4;;/p-2/t2*3-,4-;;;/m11.../s1. The van der Waals surface area contributed by atoms with E-state index < -0.39 is 48.0 Å². The number of carbonyl (C=O) groups excluding carboxylic acids is 4. The van der Waals surface area contributed by atoms with Gasteiger partial charge in [-0.2, -0.15) is 0 Å². The molecule has 0 rings (SSSR count). The molecule has 0 fully saturated rings. The van der Waals surface area contributed by atoms with Gasteiger partial charge in [-0.15, -0.1) is 0 Å². The number of hydrogen-bond acceptors (Lipinski definition) is 12. The van der Waals surface area contributed by atoms with Gasteiger partial charge in [-0.3, -0.25) is 0 Å². The molecule has 0 heterocycles. The number of rotatable bonds is 8. The Morgan fingerprint density at radius 1 is 0.556 bits per heavy atom. The molecule has 0 saturated heterocycles. The van der Waals surface area contributed by atoms with E-state index in [1.165, 1.54) is 0 Å². The van der Waals surface area contributed by atoms with Crippen molar-refractivity contribution in [2.45, 2.75) is 51.9 Å². The summed E-state index contributed by atoms with van der Waals surface area (Å²) in [6.45, 7) is 4.17. The topological polar surface area (TPSA) is 279 Å². The zero-order valence-electron chi connectivity index (χ0n) is 14.8. The molecule has 0 aromatic heterocycles. The number of carbonyl (C=O) groups is 4. The van der Waals surface area contributed by atoms with Crippen molar-refractivity contribution in [2.24, 2.45) is 0 Å². The Hall–Kier alpha value is -1.67. The fraction of sp³-hybridized carbons (Fsp3) is 0.667. The van der Waals surface area contributed by atoms with Crippen LogP contribution in [0.15, 0.2) is 0 Å². The van der Waals surface area contributed by atoms with Gasteiger partial charge >= 0.3 is 21.1 Å². The molecule has 0 aromatic carbocycles. The van der Waals surface area contributed by atoms with Gasteiger partial charge in [0, 0.05) is 24.2 Å². The van der Waals surface area contributed by atoms with E-state index in [4.69, 9.17) is 0 Å². The molecule has 0 unspecified atom stereocenters. The van der Waals surface area contributed by atoms with Gasteiger partial charge in [0.25, 0.3) is 0 Å². The molecule has 27 heavy (non-hydrogen) atoms. The normalized spacial score (nSPS) is 13.9. The van der Waals surface area contributed by atoms with E-state index in [1.54, 1.807) is 0 Å². The quantitative estimate of drug-likeness (QED) is 0.177. The van der Waals surface area contributed by atoms with Crippen molar-refractivity contribution in [3.05, 3.63) is 10.4 Å². The molecule has 0 aliphatic rings. The molecule has 6 N–H and O–H groups in total. The van der Waals surface area contributed by atoms with Crippen LogP contribution in [0, 0.1) is 10.4 Å². The van der Waals surface area contributed by atoms with Crippen LogP contribution in [0.2, 0.25) is 0 Å². The molecule has 4 atom stereocenters. The van der Waals surface area contributed by atoms with Gasteiger partial charge in [0.15, 0.2) is 0 Å². The van der Waals surface area contributed by atoms with Crippen molar-refractivity contribution in [1.82, 2.24) is 10.1 Å². The molecule has 0 aliphatic carbocycles. The summed E-state index contributed by atoms with van der Waals surface area (Å²) in [6.07, 6.45) is 0.